The van der Waals surface area contributed by atoms with Crippen LogP contribution >= 0.6 is 0 Å². The van der Waals surface area contributed by atoms with Crippen LogP contribution in [0.5, 0.6) is 0 Å². The molecule has 0 aliphatic heterocycles. The summed E-state index contributed by atoms with van der Waals surface area (Å²) in [6.07, 6.45) is 6.34. The highest BCUT2D eigenvalue weighted by Crippen LogP contribution is 1.98. The largest absolute Gasteiger partial charge is 0.265 e. The summed E-state index contributed by atoms with van der Waals surface area (Å²) in [4.78, 5) is 4.20. The second kappa shape index (κ2) is 4.04. The van der Waals surface area contributed by atoms with Gasteiger partial charge in [-0.05, 0) is 12.5 Å². The summed E-state index contributed by atoms with van der Waals surface area (Å²) in [6, 6.07) is 1.90. The molecule has 2 aromatic heterocycles. The third kappa shape index (κ3) is 1.81. The number of rotatable bonds is 4. The molecule has 5 heteroatoms. The van der Waals surface area contributed by atoms with Crippen molar-refractivity contribution in [2.24, 2.45) is 0 Å². The summed E-state index contributed by atoms with van der Waals surface area (Å²) in [6.45, 7) is 3.73. The van der Waals surface area contributed by atoms with E-state index >= 15 is 0 Å². The van der Waals surface area contributed by atoms with Gasteiger partial charge in [-0.3, -0.25) is 4.68 Å². The second-order valence-corrected chi connectivity index (χ2v) is 3.10. The molecule has 0 unspecified atom stereocenters. The van der Waals surface area contributed by atoms with Crippen molar-refractivity contribution in [2.75, 3.05) is 0 Å². The van der Waals surface area contributed by atoms with Gasteiger partial charge in [0.25, 0.3) is 0 Å². The van der Waals surface area contributed by atoms with Crippen LogP contribution in [-0.4, -0.2) is 24.5 Å². The van der Waals surface area contributed by atoms with Crippen molar-refractivity contribution in [1.29, 1.82) is 0 Å². The standard InChI is InChI=1S/C9H13N5/c1-2-5-14-9(10-8-12-14)7-13-6-3-4-11-13/h3-4,6,8H,2,5,7H2,1H3. The van der Waals surface area contributed by atoms with Crippen molar-refractivity contribution >= 4 is 0 Å². The highest BCUT2D eigenvalue weighted by Gasteiger charge is 2.03. The summed E-state index contributed by atoms with van der Waals surface area (Å²) >= 11 is 0. The molecule has 0 atom stereocenters. The molecule has 0 bridgehead atoms. The Labute approximate surface area is 82.4 Å². The zero-order valence-corrected chi connectivity index (χ0v) is 8.17. The molecule has 0 spiro atoms. The normalized spacial score (nSPS) is 10.6. The van der Waals surface area contributed by atoms with E-state index in [0.717, 1.165) is 18.8 Å². The molecule has 0 radical (unpaired) electrons. The molecule has 74 valence electrons. The first-order valence-electron chi connectivity index (χ1n) is 4.74. The molecular weight excluding hydrogens is 178 g/mol. The van der Waals surface area contributed by atoms with Crippen LogP contribution < -0.4 is 0 Å². The molecular formula is C9H13N5. The summed E-state index contributed by atoms with van der Waals surface area (Å²) in [5, 5.41) is 8.28. The van der Waals surface area contributed by atoms with Crippen LogP contribution in [0.2, 0.25) is 0 Å². The first-order chi connectivity index (χ1) is 6.90. The molecule has 0 saturated heterocycles. The summed E-state index contributed by atoms with van der Waals surface area (Å²) in [5.74, 6) is 0.954. The van der Waals surface area contributed by atoms with Crippen LogP contribution in [0, 0.1) is 0 Å². The van der Waals surface area contributed by atoms with Gasteiger partial charge in [-0.1, -0.05) is 6.92 Å². The van der Waals surface area contributed by atoms with Gasteiger partial charge in [0.2, 0.25) is 0 Å². The maximum absolute atomic E-state index is 4.20. The third-order valence-corrected chi connectivity index (χ3v) is 1.99. The Bertz CT molecular complexity index is 376. The van der Waals surface area contributed by atoms with Gasteiger partial charge in [0.05, 0.1) is 0 Å². The lowest BCUT2D eigenvalue weighted by Gasteiger charge is -2.03. The molecule has 0 amide bonds. The summed E-state index contributed by atoms with van der Waals surface area (Å²) in [7, 11) is 0. The second-order valence-electron chi connectivity index (χ2n) is 3.10. The molecule has 0 aromatic carbocycles. The predicted molar refractivity (Wildman–Crippen MR) is 51.6 cm³/mol. The Hall–Kier alpha value is -1.65. The summed E-state index contributed by atoms with van der Waals surface area (Å²) in [5.41, 5.74) is 0. The van der Waals surface area contributed by atoms with Gasteiger partial charge in [-0.2, -0.15) is 10.2 Å². The Balaban J connectivity index is 2.12. The molecule has 0 saturated carbocycles. The highest BCUT2D eigenvalue weighted by molar-refractivity contribution is 4.88. The van der Waals surface area contributed by atoms with E-state index in [1.165, 1.54) is 0 Å². The highest BCUT2D eigenvalue weighted by atomic mass is 15.4. The minimum absolute atomic E-state index is 0.688. The van der Waals surface area contributed by atoms with E-state index in [4.69, 9.17) is 0 Å². The third-order valence-electron chi connectivity index (χ3n) is 1.99. The Morgan fingerprint density at radius 1 is 1.36 bits per heavy atom. The lowest BCUT2D eigenvalue weighted by Crippen LogP contribution is -2.10. The average Bonchev–Trinajstić information content (AvgIpc) is 2.80. The van der Waals surface area contributed by atoms with Crippen LogP contribution in [-0.2, 0) is 13.1 Å². The van der Waals surface area contributed by atoms with Crippen molar-refractivity contribution in [3.05, 3.63) is 30.6 Å². The lowest BCUT2D eigenvalue weighted by atomic mass is 10.5. The van der Waals surface area contributed by atoms with E-state index in [1.54, 1.807) is 12.5 Å². The van der Waals surface area contributed by atoms with Crippen molar-refractivity contribution in [3.63, 3.8) is 0 Å². The molecule has 2 heterocycles. The topological polar surface area (TPSA) is 48.5 Å². The smallest absolute Gasteiger partial charge is 0.148 e. The van der Waals surface area contributed by atoms with Gasteiger partial charge in [0.15, 0.2) is 0 Å². The lowest BCUT2D eigenvalue weighted by molar-refractivity contribution is 0.539. The fourth-order valence-electron chi connectivity index (χ4n) is 1.35. The van der Waals surface area contributed by atoms with E-state index in [2.05, 4.69) is 22.1 Å². The van der Waals surface area contributed by atoms with Gasteiger partial charge >= 0.3 is 0 Å². The molecule has 2 rings (SSSR count). The minimum atomic E-state index is 0.688. The molecule has 0 aliphatic rings. The van der Waals surface area contributed by atoms with Gasteiger partial charge in [-0.25, -0.2) is 9.67 Å². The zero-order chi connectivity index (χ0) is 9.80. The SMILES string of the molecule is CCCn1ncnc1Cn1cccn1. The Morgan fingerprint density at radius 2 is 2.29 bits per heavy atom. The maximum Gasteiger partial charge on any atom is 0.148 e. The van der Waals surface area contributed by atoms with E-state index < -0.39 is 0 Å². The van der Waals surface area contributed by atoms with E-state index in [1.807, 2.05) is 21.6 Å². The number of nitrogens with zero attached hydrogens (tertiary/aromatic N) is 5. The van der Waals surface area contributed by atoms with Crippen molar-refractivity contribution in [1.82, 2.24) is 24.5 Å². The predicted octanol–water partition coefficient (Wildman–Crippen LogP) is 0.933. The maximum atomic E-state index is 4.20. The van der Waals surface area contributed by atoms with Crippen molar-refractivity contribution in [2.45, 2.75) is 26.4 Å². The Morgan fingerprint density at radius 3 is 3.00 bits per heavy atom. The van der Waals surface area contributed by atoms with Gasteiger partial charge < -0.3 is 0 Å². The first kappa shape index (κ1) is 8.93. The number of aryl methyl sites for hydroxylation is 1. The number of hydrogen-bond acceptors (Lipinski definition) is 3. The molecule has 0 fully saturated rings. The summed E-state index contributed by atoms with van der Waals surface area (Å²) < 4.78 is 3.76. The van der Waals surface area contributed by atoms with E-state index in [-0.39, 0.29) is 0 Å². The fraction of sp³-hybridized carbons (Fsp3) is 0.444. The molecule has 0 N–H and O–H groups in total. The number of aromatic nitrogens is 5. The van der Waals surface area contributed by atoms with E-state index in [9.17, 15) is 0 Å². The fourth-order valence-corrected chi connectivity index (χ4v) is 1.35. The van der Waals surface area contributed by atoms with Crippen LogP contribution in [0.15, 0.2) is 24.8 Å². The van der Waals surface area contributed by atoms with Crippen LogP contribution in [0.3, 0.4) is 0 Å². The van der Waals surface area contributed by atoms with Gasteiger partial charge in [-0.15, -0.1) is 0 Å². The Kier molecular flexibility index (Phi) is 2.58. The first-order valence-corrected chi connectivity index (χ1v) is 4.74. The van der Waals surface area contributed by atoms with Gasteiger partial charge in [0, 0.05) is 18.9 Å². The van der Waals surface area contributed by atoms with Crippen LogP contribution in [0.1, 0.15) is 19.2 Å². The average molecular weight is 191 g/mol. The minimum Gasteiger partial charge on any atom is -0.265 e. The van der Waals surface area contributed by atoms with Crippen LogP contribution in [0.4, 0.5) is 0 Å². The monoisotopic (exact) mass is 191 g/mol. The molecule has 5 nitrogen and oxygen atoms in total. The van der Waals surface area contributed by atoms with Crippen molar-refractivity contribution < 1.29 is 0 Å². The zero-order valence-electron chi connectivity index (χ0n) is 8.17. The molecule has 14 heavy (non-hydrogen) atoms. The van der Waals surface area contributed by atoms with E-state index in [0.29, 0.717) is 6.54 Å². The van der Waals surface area contributed by atoms with Crippen molar-refractivity contribution in [3.8, 4) is 0 Å². The quantitative estimate of drug-likeness (QED) is 0.722. The van der Waals surface area contributed by atoms with Gasteiger partial charge in [0.1, 0.15) is 18.7 Å². The number of hydrogen-bond donors (Lipinski definition) is 0. The molecule has 0 aliphatic carbocycles. The molecule has 2 aromatic rings. The van der Waals surface area contributed by atoms with Crippen LogP contribution in [0.25, 0.3) is 0 Å².